The second-order valence-electron chi connectivity index (χ2n) is 4.24. The summed E-state index contributed by atoms with van der Waals surface area (Å²) >= 11 is 0. The lowest BCUT2D eigenvalue weighted by Gasteiger charge is -2.41. The van der Waals surface area contributed by atoms with Gasteiger partial charge < -0.3 is 5.73 Å². The molecule has 2 aliphatic rings. The molecule has 12 heavy (non-hydrogen) atoms. The molecule has 1 atom stereocenters. The zero-order chi connectivity index (χ0) is 8.39. The molecule has 1 heterocycles. The summed E-state index contributed by atoms with van der Waals surface area (Å²) in [5, 5.41) is 0. The van der Waals surface area contributed by atoms with E-state index < -0.39 is 0 Å². The SMILES string of the molecule is NCC(C1CCCC1)N1CCC1. The van der Waals surface area contributed by atoms with Crippen LogP contribution in [0.15, 0.2) is 0 Å². The van der Waals surface area contributed by atoms with Crippen LogP contribution in [0.25, 0.3) is 0 Å². The van der Waals surface area contributed by atoms with Gasteiger partial charge in [0.15, 0.2) is 0 Å². The Hall–Kier alpha value is -0.0800. The van der Waals surface area contributed by atoms with Crippen molar-refractivity contribution in [3.63, 3.8) is 0 Å². The highest BCUT2D eigenvalue weighted by Gasteiger charge is 2.31. The Bertz CT molecular complexity index is 137. The molecule has 0 aromatic heterocycles. The molecule has 1 aliphatic carbocycles. The molecular formula is C10H20N2. The number of nitrogens with two attached hydrogens (primary N) is 1. The summed E-state index contributed by atoms with van der Waals surface area (Å²) in [6, 6.07) is 0.723. The first-order valence-corrected chi connectivity index (χ1v) is 5.36. The third-order valence-electron chi connectivity index (χ3n) is 3.55. The summed E-state index contributed by atoms with van der Waals surface area (Å²) in [6.07, 6.45) is 7.13. The fourth-order valence-corrected chi connectivity index (χ4v) is 2.65. The van der Waals surface area contributed by atoms with E-state index in [2.05, 4.69) is 4.90 Å². The monoisotopic (exact) mass is 168 g/mol. The molecule has 2 fully saturated rings. The van der Waals surface area contributed by atoms with Crippen LogP contribution in [-0.4, -0.2) is 30.6 Å². The Balaban J connectivity index is 1.87. The molecule has 0 aromatic rings. The molecule has 0 amide bonds. The van der Waals surface area contributed by atoms with E-state index in [9.17, 15) is 0 Å². The van der Waals surface area contributed by atoms with Gasteiger partial charge in [-0.25, -0.2) is 0 Å². The molecule has 70 valence electrons. The zero-order valence-electron chi connectivity index (χ0n) is 7.84. The van der Waals surface area contributed by atoms with Crippen LogP contribution in [0.2, 0.25) is 0 Å². The summed E-state index contributed by atoms with van der Waals surface area (Å²) in [6.45, 7) is 3.49. The zero-order valence-corrected chi connectivity index (χ0v) is 7.84. The Morgan fingerprint density at radius 3 is 2.25 bits per heavy atom. The highest BCUT2D eigenvalue weighted by atomic mass is 15.2. The van der Waals surface area contributed by atoms with Gasteiger partial charge in [0, 0.05) is 12.6 Å². The smallest absolute Gasteiger partial charge is 0.0246 e. The Labute approximate surface area is 75.1 Å². The summed E-state index contributed by atoms with van der Waals surface area (Å²) in [7, 11) is 0. The van der Waals surface area contributed by atoms with E-state index in [1.54, 1.807) is 0 Å². The molecule has 2 heteroatoms. The van der Waals surface area contributed by atoms with Crippen molar-refractivity contribution >= 4 is 0 Å². The lowest BCUT2D eigenvalue weighted by Crippen LogP contribution is -2.51. The van der Waals surface area contributed by atoms with Gasteiger partial charge in [0.25, 0.3) is 0 Å². The average Bonchev–Trinajstić information content (AvgIpc) is 2.47. The average molecular weight is 168 g/mol. The van der Waals surface area contributed by atoms with Crippen molar-refractivity contribution in [3.05, 3.63) is 0 Å². The third kappa shape index (κ3) is 1.50. The van der Waals surface area contributed by atoms with Gasteiger partial charge in [0.05, 0.1) is 0 Å². The van der Waals surface area contributed by atoms with Crippen molar-refractivity contribution in [2.45, 2.75) is 38.1 Å². The molecule has 2 nitrogen and oxygen atoms in total. The number of rotatable bonds is 3. The topological polar surface area (TPSA) is 29.3 Å². The molecule has 0 radical (unpaired) electrons. The van der Waals surface area contributed by atoms with Gasteiger partial charge in [-0.05, 0) is 38.3 Å². The lowest BCUT2D eigenvalue weighted by molar-refractivity contribution is 0.0837. The number of nitrogens with zero attached hydrogens (tertiary/aromatic N) is 1. The highest BCUT2D eigenvalue weighted by molar-refractivity contribution is 4.86. The van der Waals surface area contributed by atoms with E-state index in [1.807, 2.05) is 0 Å². The second kappa shape index (κ2) is 3.75. The molecule has 0 aromatic carbocycles. The first-order chi connectivity index (χ1) is 5.92. The Morgan fingerprint density at radius 2 is 1.83 bits per heavy atom. The van der Waals surface area contributed by atoms with Crippen molar-refractivity contribution in [2.75, 3.05) is 19.6 Å². The van der Waals surface area contributed by atoms with Crippen molar-refractivity contribution in [1.29, 1.82) is 0 Å². The van der Waals surface area contributed by atoms with Gasteiger partial charge in [0.2, 0.25) is 0 Å². The summed E-state index contributed by atoms with van der Waals surface area (Å²) < 4.78 is 0. The fraction of sp³-hybridized carbons (Fsp3) is 1.00. The highest BCUT2D eigenvalue weighted by Crippen LogP contribution is 2.31. The van der Waals surface area contributed by atoms with Crippen molar-refractivity contribution in [2.24, 2.45) is 11.7 Å². The molecule has 1 aliphatic heterocycles. The largest absolute Gasteiger partial charge is 0.329 e. The van der Waals surface area contributed by atoms with Crippen molar-refractivity contribution in [3.8, 4) is 0 Å². The van der Waals surface area contributed by atoms with Crippen LogP contribution in [0.3, 0.4) is 0 Å². The van der Waals surface area contributed by atoms with E-state index in [-0.39, 0.29) is 0 Å². The van der Waals surface area contributed by atoms with E-state index in [1.165, 1.54) is 45.2 Å². The maximum absolute atomic E-state index is 5.82. The molecule has 0 bridgehead atoms. The van der Waals surface area contributed by atoms with Gasteiger partial charge >= 0.3 is 0 Å². The van der Waals surface area contributed by atoms with Gasteiger partial charge in [-0.2, -0.15) is 0 Å². The molecule has 0 spiro atoms. The van der Waals surface area contributed by atoms with Gasteiger partial charge in [0.1, 0.15) is 0 Å². The second-order valence-corrected chi connectivity index (χ2v) is 4.24. The van der Waals surface area contributed by atoms with Crippen LogP contribution in [0.5, 0.6) is 0 Å². The molecule has 2 N–H and O–H groups in total. The van der Waals surface area contributed by atoms with Crippen LogP contribution in [-0.2, 0) is 0 Å². The van der Waals surface area contributed by atoms with Crippen molar-refractivity contribution < 1.29 is 0 Å². The standard InChI is InChI=1S/C10H20N2/c11-8-10(12-6-3-7-12)9-4-1-2-5-9/h9-10H,1-8,11H2. The summed E-state index contributed by atoms with van der Waals surface area (Å²) in [4.78, 5) is 2.58. The van der Waals surface area contributed by atoms with Gasteiger partial charge in [-0.1, -0.05) is 12.8 Å². The minimum Gasteiger partial charge on any atom is -0.329 e. The number of likely N-dealkylation sites (tertiary alicyclic amines) is 1. The minimum atomic E-state index is 0.723. The summed E-state index contributed by atoms with van der Waals surface area (Å²) in [5.74, 6) is 0.926. The lowest BCUT2D eigenvalue weighted by atomic mass is 9.94. The van der Waals surface area contributed by atoms with Gasteiger partial charge in [-0.3, -0.25) is 4.90 Å². The summed E-state index contributed by atoms with van der Waals surface area (Å²) in [5.41, 5.74) is 5.82. The third-order valence-corrected chi connectivity index (χ3v) is 3.55. The maximum atomic E-state index is 5.82. The predicted octanol–water partition coefficient (Wildman–Crippen LogP) is 1.21. The normalized spacial score (nSPS) is 28.8. The number of hydrogen-bond acceptors (Lipinski definition) is 2. The van der Waals surface area contributed by atoms with E-state index in [4.69, 9.17) is 5.73 Å². The first kappa shape index (κ1) is 8.52. The maximum Gasteiger partial charge on any atom is 0.0246 e. The van der Waals surface area contributed by atoms with Crippen LogP contribution in [0.4, 0.5) is 0 Å². The molecule has 2 rings (SSSR count). The predicted molar refractivity (Wildman–Crippen MR) is 51.0 cm³/mol. The van der Waals surface area contributed by atoms with Crippen LogP contribution in [0.1, 0.15) is 32.1 Å². The van der Waals surface area contributed by atoms with Gasteiger partial charge in [-0.15, -0.1) is 0 Å². The molecule has 1 unspecified atom stereocenters. The van der Waals surface area contributed by atoms with E-state index in [0.29, 0.717) is 0 Å². The van der Waals surface area contributed by atoms with Crippen LogP contribution < -0.4 is 5.73 Å². The van der Waals surface area contributed by atoms with Crippen LogP contribution >= 0.6 is 0 Å². The fourth-order valence-electron chi connectivity index (χ4n) is 2.65. The molecule has 1 saturated heterocycles. The Kier molecular flexibility index (Phi) is 2.66. The van der Waals surface area contributed by atoms with Crippen LogP contribution in [0, 0.1) is 5.92 Å². The minimum absolute atomic E-state index is 0.723. The molecule has 1 saturated carbocycles. The number of hydrogen-bond donors (Lipinski definition) is 1. The quantitative estimate of drug-likeness (QED) is 0.686. The van der Waals surface area contributed by atoms with E-state index >= 15 is 0 Å². The Morgan fingerprint density at radius 1 is 1.17 bits per heavy atom. The first-order valence-electron chi connectivity index (χ1n) is 5.36. The van der Waals surface area contributed by atoms with Crippen molar-refractivity contribution in [1.82, 2.24) is 4.90 Å². The van der Waals surface area contributed by atoms with E-state index in [0.717, 1.165) is 18.5 Å². The molecular weight excluding hydrogens is 148 g/mol.